The zero-order valence-corrected chi connectivity index (χ0v) is 7.28. The highest BCUT2D eigenvalue weighted by Crippen LogP contribution is 2.10. The van der Waals surface area contributed by atoms with Crippen LogP contribution in [0, 0.1) is 0 Å². The van der Waals surface area contributed by atoms with E-state index in [1.165, 1.54) is 0 Å². The van der Waals surface area contributed by atoms with Crippen molar-refractivity contribution >= 4 is 0 Å². The summed E-state index contributed by atoms with van der Waals surface area (Å²) in [6.45, 7) is 2.82. The highest BCUT2D eigenvalue weighted by atomic mass is 16.5. The van der Waals surface area contributed by atoms with Crippen LogP contribution in [0.1, 0.15) is 24.6 Å². The fourth-order valence-electron chi connectivity index (χ4n) is 0.756. The third kappa shape index (κ3) is 2.02. The smallest absolute Gasteiger partial charge is 0.230 e. The third-order valence-corrected chi connectivity index (χ3v) is 1.53. The molecular formula is C7H13N3O2. The van der Waals surface area contributed by atoms with Gasteiger partial charge in [0.15, 0.2) is 5.82 Å². The van der Waals surface area contributed by atoms with E-state index in [-0.39, 0.29) is 5.92 Å². The summed E-state index contributed by atoms with van der Waals surface area (Å²) in [6.07, 6.45) is 0. The van der Waals surface area contributed by atoms with E-state index in [1.807, 2.05) is 6.92 Å². The van der Waals surface area contributed by atoms with Crippen molar-refractivity contribution in [3.63, 3.8) is 0 Å². The Bertz CT molecular complexity index is 236. The first-order valence-corrected chi connectivity index (χ1v) is 3.79. The molecule has 5 nitrogen and oxygen atoms in total. The highest BCUT2D eigenvalue weighted by molar-refractivity contribution is 4.91. The maximum absolute atomic E-state index is 5.43. The molecule has 5 heteroatoms. The normalized spacial score (nSPS) is 13.2. The zero-order valence-electron chi connectivity index (χ0n) is 7.28. The molecule has 0 saturated heterocycles. The van der Waals surface area contributed by atoms with Crippen molar-refractivity contribution in [2.75, 3.05) is 13.7 Å². The van der Waals surface area contributed by atoms with Crippen LogP contribution in [0.4, 0.5) is 0 Å². The predicted molar refractivity (Wildman–Crippen MR) is 42.5 cm³/mol. The molecule has 12 heavy (non-hydrogen) atoms. The summed E-state index contributed by atoms with van der Waals surface area (Å²) in [4.78, 5) is 4.09. The second-order valence-corrected chi connectivity index (χ2v) is 2.62. The molecule has 0 fully saturated rings. The van der Waals surface area contributed by atoms with Gasteiger partial charge in [0.05, 0.1) is 0 Å². The summed E-state index contributed by atoms with van der Waals surface area (Å²) >= 11 is 0. The molecule has 1 atom stereocenters. The number of hydrogen-bond donors (Lipinski definition) is 1. The van der Waals surface area contributed by atoms with Crippen molar-refractivity contribution < 1.29 is 9.26 Å². The lowest BCUT2D eigenvalue weighted by Crippen LogP contribution is -2.09. The standard InChI is InChI=1S/C7H13N3O2/c1-5(3-8)7-9-6(4-11-2)10-12-7/h5H,3-4,8H2,1-2H3. The molecule has 1 heterocycles. The van der Waals surface area contributed by atoms with Crippen molar-refractivity contribution in [1.82, 2.24) is 10.1 Å². The third-order valence-electron chi connectivity index (χ3n) is 1.53. The van der Waals surface area contributed by atoms with Gasteiger partial charge >= 0.3 is 0 Å². The van der Waals surface area contributed by atoms with Crippen LogP contribution in [0.25, 0.3) is 0 Å². The first-order valence-electron chi connectivity index (χ1n) is 3.79. The molecular weight excluding hydrogens is 158 g/mol. The van der Waals surface area contributed by atoms with Crippen LogP contribution in [-0.2, 0) is 11.3 Å². The average Bonchev–Trinajstić information content (AvgIpc) is 2.52. The van der Waals surface area contributed by atoms with Crippen molar-refractivity contribution in [3.05, 3.63) is 11.7 Å². The number of nitrogens with two attached hydrogens (primary N) is 1. The Morgan fingerprint density at radius 3 is 3.00 bits per heavy atom. The maximum Gasteiger partial charge on any atom is 0.230 e. The van der Waals surface area contributed by atoms with Gasteiger partial charge in [0.25, 0.3) is 0 Å². The van der Waals surface area contributed by atoms with E-state index >= 15 is 0 Å². The molecule has 1 aromatic heterocycles. The second-order valence-electron chi connectivity index (χ2n) is 2.62. The molecule has 1 unspecified atom stereocenters. The van der Waals surface area contributed by atoms with Gasteiger partial charge in [-0.1, -0.05) is 12.1 Å². The molecule has 68 valence electrons. The highest BCUT2D eigenvalue weighted by Gasteiger charge is 2.11. The largest absolute Gasteiger partial charge is 0.377 e. The lowest BCUT2D eigenvalue weighted by Gasteiger charge is -1.98. The molecule has 0 aromatic carbocycles. The summed E-state index contributed by atoms with van der Waals surface area (Å²) < 4.78 is 9.79. The molecule has 0 spiro atoms. The van der Waals surface area contributed by atoms with Gasteiger partial charge in [-0.05, 0) is 0 Å². The minimum atomic E-state index is 0.114. The van der Waals surface area contributed by atoms with E-state index < -0.39 is 0 Å². The molecule has 0 aliphatic rings. The zero-order chi connectivity index (χ0) is 8.97. The van der Waals surface area contributed by atoms with Crippen molar-refractivity contribution in [1.29, 1.82) is 0 Å². The van der Waals surface area contributed by atoms with Gasteiger partial charge in [-0.15, -0.1) is 0 Å². The molecule has 0 aliphatic carbocycles. The lowest BCUT2D eigenvalue weighted by molar-refractivity contribution is 0.174. The van der Waals surface area contributed by atoms with Crippen molar-refractivity contribution in [2.45, 2.75) is 19.4 Å². The molecule has 1 rings (SSSR count). The monoisotopic (exact) mass is 171 g/mol. The van der Waals surface area contributed by atoms with Gasteiger partial charge in [0.1, 0.15) is 6.61 Å². The van der Waals surface area contributed by atoms with Gasteiger partial charge in [0.2, 0.25) is 5.89 Å². The van der Waals surface area contributed by atoms with Gasteiger partial charge in [-0.25, -0.2) is 0 Å². The van der Waals surface area contributed by atoms with Crippen LogP contribution in [0.15, 0.2) is 4.52 Å². The molecule has 0 saturated carbocycles. The maximum atomic E-state index is 5.43. The molecule has 0 aliphatic heterocycles. The van der Waals surface area contributed by atoms with Crippen LogP contribution in [0.3, 0.4) is 0 Å². The van der Waals surface area contributed by atoms with E-state index in [4.69, 9.17) is 15.0 Å². The number of hydrogen-bond acceptors (Lipinski definition) is 5. The van der Waals surface area contributed by atoms with E-state index in [9.17, 15) is 0 Å². The Labute approximate surface area is 70.9 Å². The number of aromatic nitrogens is 2. The predicted octanol–water partition coefficient (Wildman–Crippen LogP) is 0.278. The molecule has 1 aromatic rings. The van der Waals surface area contributed by atoms with Gasteiger partial charge in [0, 0.05) is 19.6 Å². The molecule has 2 N–H and O–H groups in total. The topological polar surface area (TPSA) is 74.2 Å². The lowest BCUT2D eigenvalue weighted by atomic mass is 10.2. The van der Waals surface area contributed by atoms with Gasteiger partial charge < -0.3 is 15.0 Å². The quantitative estimate of drug-likeness (QED) is 0.704. The summed E-state index contributed by atoms with van der Waals surface area (Å²) in [7, 11) is 1.59. The van der Waals surface area contributed by atoms with Crippen LogP contribution < -0.4 is 5.73 Å². The minimum absolute atomic E-state index is 0.114. The van der Waals surface area contributed by atoms with Crippen LogP contribution in [-0.4, -0.2) is 23.8 Å². The first-order chi connectivity index (χ1) is 5.77. The SMILES string of the molecule is COCc1noc(C(C)CN)n1. The van der Waals surface area contributed by atoms with Crippen molar-refractivity contribution in [3.8, 4) is 0 Å². The Hall–Kier alpha value is -0.940. The Kier molecular flexibility index (Phi) is 3.19. The number of nitrogens with zero attached hydrogens (tertiary/aromatic N) is 2. The second kappa shape index (κ2) is 4.18. The molecule has 0 bridgehead atoms. The van der Waals surface area contributed by atoms with Gasteiger partial charge in [-0.3, -0.25) is 0 Å². The van der Waals surface area contributed by atoms with E-state index in [0.717, 1.165) is 0 Å². The van der Waals surface area contributed by atoms with Crippen LogP contribution in [0.2, 0.25) is 0 Å². The van der Waals surface area contributed by atoms with E-state index in [0.29, 0.717) is 24.9 Å². The van der Waals surface area contributed by atoms with Crippen LogP contribution >= 0.6 is 0 Å². The number of ether oxygens (including phenoxy) is 1. The Morgan fingerprint density at radius 1 is 1.67 bits per heavy atom. The number of methoxy groups -OCH3 is 1. The Morgan fingerprint density at radius 2 is 2.42 bits per heavy atom. The van der Waals surface area contributed by atoms with Crippen molar-refractivity contribution in [2.24, 2.45) is 5.73 Å². The fourth-order valence-corrected chi connectivity index (χ4v) is 0.756. The van der Waals surface area contributed by atoms with Gasteiger partial charge in [-0.2, -0.15) is 4.98 Å². The summed E-state index contributed by atoms with van der Waals surface area (Å²) in [5.41, 5.74) is 5.43. The summed E-state index contributed by atoms with van der Waals surface area (Å²) in [5, 5.41) is 3.71. The first kappa shape index (κ1) is 9.15. The summed E-state index contributed by atoms with van der Waals surface area (Å²) in [6, 6.07) is 0. The average molecular weight is 171 g/mol. The molecule has 0 radical (unpaired) electrons. The van der Waals surface area contributed by atoms with Crippen LogP contribution in [0.5, 0.6) is 0 Å². The molecule has 0 amide bonds. The Balaban J connectivity index is 2.63. The fraction of sp³-hybridized carbons (Fsp3) is 0.714. The van der Waals surface area contributed by atoms with E-state index in [2.05, 4.69) is 10.1 Å². The van der Waals surface area contributed by atoms with E-state index in [1.54, 1.807) is 7.11 Å². The summed E-state index contributed by atoms with van der Waals surface area (Å²) in [5.74, 6) is 1.25. The minimum Gasteiger partial charge on any atom is -0.377 e. The number of rotatable bonds is 4.